The van der Waals surface area contributed by atoms with Crippen molar-refractivity contribution in [2.24, 2.45) is 5.92 Å². The van der Waals surface area contributed by atoms with Crippen molar-refractivity contribution in [2.75, 3.05) is 13.4 Å². The van der Waals surface area contributed by atoms with Gasteiger partial charge in [0.15, 0.2) is 12.4 Å². The van der Waals surface area contributed by atoms with E-state index >= 15 is 0 Å². The summed E-state index contributed by atoms with van der Waals surface area (Å²) >= 11 is 0. The zero-order valence-electron chi connectivity index (χ0n) is 22.2. The van der Waals surface area contributed by atoms with E-state index in [4.69, 9.17) is 18.9 Å². The fourth-order valence-corrected chi connectivity index (χ4v) is 3.08. The first-order valence-corrected chi connectivity index (χ1v) is 12.1. The molecule has 0 fully saturated rings. The summed E-state index contributed by atoms with van der Waals surface area (Å²) in [5.41, 5.74) is 0.0626. The zero-order chi connectivity index (χ0) is 28.1. The van der Waals surface area contributed by atoms with E-state index < -0.39 is 43.1 Å². The average molecular weight is 524 g/mol. The van der Waals surface area contributed by atoms with Crippen LogP contribution in [0.25, 0.3) is 0 Å². The summed E-state index contributed by atoms with van der Waals surface area (Å²) in [6.45, 7) is 8.11. The van der Waals surface area contributed by atoms with E-state index in [1.165, 1.54) is 0 Å². The Kier molecular flexibility index (Phi) is 11.4. The summed E-state index contributed by atoms with van der Waals surface area (Å²) in [6.07, 6.45) is -0.381. The van der Waals surface area contributed by atoms with E-state index in [-0.39, 0.29) is 17.5 Å². The van der Waals surface area contributed by atoms with Gasteiger partial charge in [-0.2, -0.15) is 0 Å². The van der Waals surface area contributed by atoms with Crippen molar-refractivity contribution in [3.05, 3.63) is 65.7 Å². The van der Waals surface area contributed by atoms with Gasteiger partial charge in [-0.25, -0.2) is 14.4 Å². The van der Waals surface area contributed by atoms with Crippen molar-refractivity contribution < 1.29 is 38.1 Å². The molecule has 0 radical (unpaired) electrons. The van der Waals surface area contributed by atoms with Crippen molar-refractivity contribution in [2.45, 2.75) is 52.7 Å². The van der Waals surface area contributed by atoms with Crippen LogP contribution in [0.3, 0.4) is 0 Å². The van der Waals surface area contributed by atoms with Crippen molar-refractivity contribution in [3.63, 3.8) is 0 Å². The molecule has 2 aromatic carbocycles. The minimum atomic E-state index is -0.920. The van der Waals surface area contributed by atoms with Crippen LogP contribution >= 0.6 is 0 Å². The van der Waals surface area contributed by atoms with Gasteiger partial charge in [-0.15, -0.1) is 0 Å². The topological polar surface area (TPSA) is 117 Å². The molecule has 1 atom stereocenters. The highest BCUT2D eigenvalue weighted by Crippen LogP contribution is 2.17. The van der Waals surface area contributed by atoms with Crippen LogP contribution in [-0.4, -0.2) is 48.9 Å². The fourth-order valence-electron chi connectivity index (χ4n) is 3.08. The molecule has 202 valence electrons. The molecule has 2 aromatic rings. The minimum absolute atomic E-state index is 0.0992. The number of rotatable bonds is 10. The van der Waals surface area contributed by atoms with E-state index in [1.807, 2.05) is 13.8 Å². The molecule has 9 heteroatoms. The zero-order valence-corrected chi connectivity index (χ0v) is 22.2. The number of nitrogens with one attached hydrogen (secondary N) is 1. The number of esters is 2. The fraction of sp³-hybridized carbons (Fsp3) is 0.379. The number of para-hydroxylation sites is 1. The quantitative estimate of drug-likeness (QED) is 0.161. The Labute approximate surface area is 222 Å². The van der Waals surface area contributed by atoms with Gasteiger partial charge in [0.25, 0.3) is 0 Å². The lowest BCUT2D eigenvalue weighted by Crippen LogP contribution is -2.45. The molecule has 2 rings (SSSR count). The van der Waals surface area contributed by atoms with Crippen molar-refractivity contribution in [1.82, 2.24) is 5.32 Å². The Hall–Kier alpha value is -4.32. The van der Waals surface area contributed by atoms with Crippen LogP contribution in [0.5, 0.6) is 5.75 Å². The molecule has 0 saturated carbocycles. The van der Waals surface area contributed by atoms with Gasteiger partial charge in [0, 0.05) is 11.5 Å². The summed E-state index contributed by atoms with van der Waals surface area (Å²) < 4.78 is 20.9. The molecule has 1 amide bonds. The van der Waals surface area contributed by atoms with Crippen molar-refractivity contribution in [1.29, 1.82) is 0 Å². The summed E-state index contributed by atoms with van der Waals surface area (Å²) in [7, 11) is 0. The van der Waals surface area contributed by atoms with Gasteiger partial charge in [-0.3, -0.25) is 4.79 Å². The van der Waals surface area contributed by atoms with Gasteiger partial charge in [-0.1, -0.05) is 62.2 Å². The Morgan fingerprint density at radius 3 is 2.24 bits per heavy atom. The summed E-state index contributed by atoms with van der Waals surface area (Å²) in [6, 6.07) is 14.1. The van der Waals surface area contributed by atoms with Crippen LogP contribution in [0.15, 0.2) is 54.6 Å². The molecule has 0 bridgehead atoms. The standard InChI is InChI=1S/C29H33NO8/c1-20(2)17-23(30-28(34)38-29(3,4)5)27(33)37-19-36-25-14-10-9-13-22(25)15-16-26(32)35-18-24(31)21-11-7-6-8-12-21/h6-14,20,23H,17-19H2,1-5H3,(H,30,34)/t23-/m0/s1. The van der Waals surface area contributed by atoms with Crippen LogP contribution in [0.1, 0.15) is 57.0 Å². The van der Waals surface area contributed by atoms with Gasteiger partial charge in [0.05, 0.1) is 5.56 Å². The number of ether oxygens (including phenoxy) is 4. The van der Waals surface area contributed by atoms with Crippen molar-refractivity contribution in [3.8, 4) is 17.6 Å². The molecule has 38 heavy (non-hydrogen) atoms. The second kappa shape index (κ2) is 14.4. The number of amides is 1. The Balaban J connectivity index is 1.93. The van der Waals surface area contributed by atoms with Gasteiger partial charge < -0.3 is 24.3 Å². The number of Topliss-reactive ketones (excluding diaryl/α,β-unsaturated/α-hetero) is 1. The summed E-state index contributed by atoms with van der Waals surface area (Å²) in [5, 5.41) is 2.54. The molecule has 1 N–H and O–H groups in total. The number of hydrogen-bond donors (Lipinski definition) is 1. The lowest BCUT2D eigenvalue weighted by molar-refractivity contribution is -0.153. The molecule has 0 aliphatic carbocycles. The molecule has 0 saturated heterocycles. The number of carbonyl (C=O) groups excluding carboxylic acids is 4. The first-order valence-electron chi connectivity index (χ1n) is 12.1. The van der Waals surface area contributed by atoms with Gasteiger partial charge >= 0.3 is 18.0 Å². The Morgan fingerprint density at radius 2 is 1.58 bits per heavy atom. The third-order valence-corrected chi connectivity index (χ3v) is 4.71. The SMILES string of the molecule is CC(C)C[C@H](NC(=O)OC(C)(C)C)C(=O)OCOc1ccccc1C#CC(=O)OCC(=O)c1ccccc1. The van der Waals surface area contributed by atoms with E-state index in [2.05, 4.69) is 17.2 Å². The van der Waals surface area contributed by atoms with Gasteiger partial charge in [-0.05, 0) is 45.2 Å². The normalized spacial score (nSPS) is 11.4. The molecular formula is C29H33NO8. The highest BCUT2D eigenvalue weighted by Gasteiger charge is 2.26. The van der Waals surface area contributed by atoms with E-state index in [0.717, 1.165) is 0 Å². The Bertz CT molecular complexity index is 1170. The maximum atomic E-state index is 12.6. The summed E-state index contributed by atoms with van der Waals surface area (Å²) in [4.78, 5) is 48.8. The number of benzene rings is 2. The maximum Gasteiger partial charge on any atom is 0.408 e. The summed E-state index contributed by atoms with van der Waals surface area (Å²) in [5.74, 6) is 3.41. The van der Waals surface area contributed by atoms with E-state index in [9.17, 15) is 19.2 Å². The van der Waals surface area contributed by atoms with E-state index in [0.29, 0.717) is 17.5 Å². The van der Waals surface area contributed by atoms with Crippen LogP contribution in [0.2, 0.25) is 0 Å². The van der Waals surface area contributed by atoms with Crippen LogP contribution in [0.4, 0.5) is 4.79 Å². The number of ketones is 1. The highest BCUT2D eigenvalue weighted by atomic mass is 16.7. The molecular weight excluding hydrogens is 490 g/mol. The molecule has 0 unspecified atom stereocenters. The average Bonchev–Trinajstić information content (AvgIpc) is 2.85. The molecule has 0 aliphatic heterocycles. The third kappa shape index (κ3) is 11.2. The second-order valence-corrected chi connectivity index (χ2v) is 9.67. The van der Waals surface area contributed by atoms with Gasteiger partial charge in [0.2, 0.25) is 6.79 Å². The number of hydrogen-bond acceptors (Lipinski definition) is 8. The molecule has 0 spiro atoms. The highest BCUT2D eigenvalue weighted by molar-refractivity contribution is 5.99. The predicted octanol–water partition coefficient (Wildman–Crippen LogP) is 4.28. The lowest BCUT2D eigenvalue weighted by atomic mass is 10.0. The van der Waals surface area contributed by atoms with Crippen LogP contribution in [0, 0.1) is 17.8 Å². The second-order valence-electron chi connectivity index (χ2n) is 9.67. The third-order valence-electron chi connectivity index (χ3n) is 4.71. The smallest absolute Gasteiger partial charge is 0.408 e. The first kappa shape index (κ1) is 29.9. The first-order chi connectivity index (χ1) is 17.9. The maximum absolute atomic E-state index is 12.6. The molecule has 0 aliphatic rings. The van der Waals surface area contributed by atoms with Crippen molar-refractivity contribution >= 4 is 23.8 Å². The molecule has 0 aromatic heterocycles. The Morgan fingerprint density at radius 1 is 0.921 bits per heavy atom. The largest absolute Gasteiger partial charge is 0.456 e. The number of carbonyl (C=O) groups is 4. The van der Waals surface area contributed by atoms with Gasteiger partial charge in [0.1, 0.15) is 17.4 Å². The van der Waals surface area contributed by atoms with E-state index in [1.54, 1.807) is 75.4 Å². The molecule has 0 heterocycles. The predicted molar refractivity (Wildman–Crippen MR) is 139 cm³/mol. The van der Waals surface area contributed by atoms with Crippen LogP contribution < -0.4 is 10.1 Å². The monoisotopic (exact) mass is 523 g/mol. The lowest BCUT2D eigenvalue weighted by Gasteiger charge is -2.23. The molecule has 9 nitrogen and oxygen atoms in total. The van der Waals surface area contributed by atoms with Crippen LogP contribution in [-0.2, 0) is 23.8 Å². The minimum Gasteiger partial charge on any atom is -0.456 e. The number of alkyl carbamates (subject to hydrolysis) is 1.